The largest absolute Gasteiger partial charge is 0.593 e. The van der Waals surface area contributed by atoms with Gasteiger partial charge in [0.15, 0.2) is 5.84 Å². The number of hydrazone groups is 1. The van der Waals surface area contributed by atoms with Crippen molar-refractivity contribution in [3.05, 3.63) is 23.3 Å². The second kappa shape index (κ2) is 7.86. The van der Waals surface area contributed by atoms with E-state index in [4.69, 9.17) is 27.7 Å². The van der Waals surface area contributed by atoms with Crippen LogP contribution in [0.2, 0.25) is 0 Å². The summed E-state index contributed by atoms with van der Waals surface area (Å²) in [6.07, 6.45) is 3.18. The van der Waals surface area contributed by atoms with E-state index in [2.05, 4.69) is 10.5 Å². The number of rotatable bonds is 4. The third kappa shape index (κ3) is 4.23. The van der Waals surface area contributed by atoms with Crippen LogP contribution >= 0.6 is 0 Å². The van der Waals surface area contributed by atoms with Gasteiger partial charge in [0, 0.05) is 6.04 Å². The van der Waals surface area contributed by atoms with Crippen LogP contribution in [0.5, 0.6) is 0 Å². The van der Waals surface area contributed by atoms with Crippen molar-refractivity contribution in [2.75, 3.05) is 0 Å². The lowest BCUT2D eigenvalue weighted by Crippen LogP contribution is -2.36. The molecule has 1 fully saturated rings. The Morgan fingerprint density at radius 3 is 2.32 bits per heavy atom. The van der Waals surface area contributed by atoms with Crippen LogP contribution in [0.15, 0.2) is 27.0 Å². The van der Waals surface area contributed by atoms with Crippen LogP contribution < -0.4 is 33.1 Å². The molecule has 0 aromatic heterocycles. The zero-order valence-electron chi connectivity index (χ0n) is 13.5. The smallest absolute Gasteiger partial charge is 0.243 e. The predicted molar refractivity (Wildman–Crippen MR) is 95.6 cm³/mol. The number of nitrogens with zero attached hydrogens (tertiary/aromatic N) is 1. The molecule has 0 aliphatic heterocycles. The number of amidine groups is 1. The molecule has 0 radical (unpaired) electrons. The average molecular weight is 390 g/mol. The second-order valence-electron chi connectivity index (χ2n) is 5.93. The Balaban J connectivity index is 2.74. The summed E-state index contributed by atoms with van der Waals surface area (Å²) in [6, 6.07) is 3.03. The Bertz CT molecular complexity index is 759. The Hall–Kier alpha value is -1.41. The van der Waals surface area contributed by atoms with E-state index in [9.17, 15) is 13.0 Å². The van der Waals surface area contributed by atoms with Gasteiger partial charge in [0.05, 0.1) is 16.9 Å². The van der Waals surface area contributed by atoms with Gasteiger partial charge in [-0.1, -0.05) is 6.07 Å². The van der Waals surface area contributed by atoms with Gasteiger partial charge in [-0.15, -0.1) is 5.14 Å². The SMILES string of the molecule is N/N=C(\NN)c1c(C2CCC(N)CC2)ccc(S(N)(=O)=O)c1[S+](N)[O-]. The second-order valence-corrected chi connectivity index (χ2v) is 8.47. The van der Waals surface area contributed by atoms with Gasteiger partial charge in [-0.3, -0.25) is 0 Å². The summed E-state index contributed by atoms with van der Waals surface area (Å²) in [5.41, 5.74) is 9.16. The first-order valence-corrected chi connectivity index (χ1v) is 10.3. The zero-order valence-corrected chi connectivity index (χ0v) is 15.1. The lowest BCUT2D eigenvalue weighted by molar-refractivity contribution is 0.394. The van der Waals surface area contributed by atoms with E-state index in [-0.39, 0.29) is 33.1 Å². The fourth-order valence-electron chi connectivity index (χ4n) is 3.19. The number of hydrazine groups is 1. The Labute approximate surface area is 149 Å². The minimum atomic E-state index is -4.16. The monoisotopic (exact) mass is 389 g/mol. The lowest BCUT2D eigenvalue weighted by Gasteiger charge is -2.29. The third-order valence-electron chi connectivity index (χ3n) is 4.38. The molecule has 0 amide bonds. The summed E-state index contributed by atoms with van der Waals surface area (Å²) < 4.78 is 35.9. The molecule has 0 spiro atoms. The van der Waals surface area contributed by atoms with Gasteiger partial charge in [0.25, 0.3) is 0 Å². The Morgan fingerprint density at radius 2 is 1.88 bits per heavy atom. The number of primary sulfonamides is 1. The standard InChI is InChI=1S/C13H23N7O3S2/c14-8-3-1-7(2-4-8)9-5-6-10(25(18,22)23)12(24(17)21)11(9)13(19-15)20-16/h5-8H,1-4,14-17H2,(H,19,20)(H2,18,22,23). The van der Waals surface area contributed by atoms with Crippen LogP contribution in [-0.2, 0) is 21.4 Å². The maximum atomic E-state index is 12.1. The van der Waals surface area contributed by atoms with Crippen molar-refractivity contribution in [2.24, 2.45) is 32.8 Å². The number of nitrogens with one attached hydrogen (secondary N) is 1. The number of sulfonamides is 1. The highest BCUT2D eigenvalue weighted by molar-refractivity contribution is 7.92. The molecule has 1 aliphatic carbocycles. The van der Waals surface area contributed by atoms with Gasteiger partial charge in [0.2, 0.25) is 14.9 Å². The molecule has 0 heterocycles. The van der Waals surface area contributed by atoms with Crippen LogP contribution in [-0.4, -0.2) is 24.8 Å². The first kappa shape index (κ1) is 19.9. The van der Waals surface area contributed by atoms with Gasteiger partial charge in [-0.05, 0) is 43.2 Å². The van der Waals surface area contributed by atoms with Crippen LogP contribution in [0, 0.1) is 0 Å². The van der Waals surface area contributed by atoms with Crippen molar-refractivity contribution in [3.8, 4) is 0 Å². The first-order valence-electron chi connectivity index (χ1n) is 7.57. The topological polar surface area (TPSA) is 212 Å². The fraction of sp³-hybridized carbons (Fsp3) is 0.462. The quantitative estimate of drug-likeness (QED) is 0.115. The predicted octanol–water partition coefficient (Wildman–Crippen LogP) is -1.62. The maximum absolute atomic E-state index is 12.1. The Morgan fingerprint density at radius 1 is 1.28 bits per heavy atom. The number of benzene rings is 1. The molecule has 1 unspecified atom stereocenters. The molecule has 1 aromatic carbocycles. The van der Waals surface area contributed by atoms with Gasteiger partial charge < -0.3 is 21.6 Å². The molecule has 0 bridgehead atoms. The molecule has 25 heavy (non-hydrogen) atoms. The molecule has 1 saturated carbocycles. The van der Waals surface area contributed by atoms with Crippen molar-refractivity contribution in [2.45, 2.75) is 47.4 Å². The molecule has 10 nitrogen and oxygen atoms in total. The summed E-state index contributed by atoms with van der Waals surface area (Å²) in [5.74, 6) is 10.9. The first-order chi connectivity index (χ1) is 11.7. The molecule has 140 valence electrons. The fourth-order valence-corrected chi connectivity index (χ4v) is 5.09. The highest BCUT2D eigenvalue weighted by Gasteiger charge is 2.33. The van der Waals surface area contributed by atoms with Crippen LogP contribution in [0.25, 0.3) is 0 Å². The van der Waals surface area contributed by atoms with E-state index >= 15 is 0 Å². The van der Waals surface area contributed by atoms with Crippen molar-refractivity contribution in [1.82, 2.24) is 5.43 Å². The van der Waals surface area contributed by atoms with Gasteiger partial charge in [-0.25, -0.2) is 19.4 Å². The van der Waals surface area contributed by atoms with Crippen molar-refractivity contribution >= 4 is 27.2 Å². The minimum Gasteiger partial charge on any atom is -0.593 e. The van der Waals surface area contributed by atoms with Crippen LogP contribution in [0.1, 0.15) is 42.7 Å². The van der Waals surface area contributed by atoms with E-state index in [0.717, 1.165) is 25.7 Å². The highest BCUT2D eigenvalue weighted by Crippen LogP contribution is 2.37. The summed E-state index contributed by atoms with van der Waals surface area (Å²) in [7, 11) is -4.16. The summed E-state index contributed by atoms with van der Waals surface area (Å²) in [6.45, 7) is 0. The molecule has 1 atom stereocenters. The maximum Gasteiger partial charge on any atom is 0.243 e. The highest BCUT2D eigenvalue weighted by atomic mass is 32.2. The van der Waals surface area contributed by atoms with Crippen molar-refractivity contribution in [1.29, 1.82) is 0 Å². The normalized spacial score (nSPS) is 23.3. The molecule has 1 aromatic rings. The molecule has 12 heteroatoms. The number of hydrogen-bond donors (Lipinski definition) is 6. The number of hydrogen-bond acceptors (Lipinski definition) is 8. The van der Waals surface area contributed by atoms with Crippen molar-refractivity contribution < 1.29 is 13.0 Å². The third-order valence-corrected chi connectivity index (χ3v) is 6.28. The van der Waals surface area contributed by atoms with Gasteiger partial charge >= 0.3 is 0 Å². The molecule has 11 N–H and O–H groups in total. The number of nitrogens with two attached hydrogens (primary N) is 5. The van der Waals surface area contributed by atoms with Gasteiger partial charge in [-0.2, -0.15) is 5.10 Å². The van der Waals surface area contributed by atoms with E-state index in [1.807, 2.05) is 0 Å². The molecule has 1 aliphatic rings. The summed E-state index contributed by atoms with van der Waals surface area (Å²) in [4.78, 5) is -0.520. The average Bonchev–Trinajstić information content (AvgIpc) is 2.55. The van der Waals surface area contributed by atoms with E-state index < -0.39 is 21.4 Å². The Kier molecular flexibility index (Phi) is 6.26. The van der Waals surface area contributed by atoms with E-state index in [1.54, 1.807) is 6.07 Å². The molecular formula is C13H23N7O3S2. The minimum absolute atomic E-state index is 0.0239. The molecular weight excluding hydrogens is 366 g/mol. The van der Waals surface area contributed by atoms with Crippen LogP contribution in [0.3, 0.4) is 0 Å². The summed E-state index contributed by atoms with van der Waals surface area (Å²) >= 11 is -2.16. The molecule has 0 saturated heterocycles. The summed E-state index contributed by atoms with van der Waals surface area (Å²) in [5, 5.41) is 14.3. The molecule has 2 rings (SSSR count). The van der Waals surface area contributed by atoms with Crippen LogP contribution in [0.4, 0.5) is 0 Å². The van der Waals surface area contributed by atoms with E-state index in [0.29, 0.717) is 5.56 Å². The zero-order chi connectivity index (χ0) is 18.8. The van der Waals surface area contributed by atoms with Gasteiger partial charge in [0.1, 0.15) is 4.90 Å². The van der Waals surface area contributed by atoms with E-state index in [1.165, 1.54) is 6.07 Å². The lowest BCUT2D eigenvalue weighted by atomic mass is 9.80. The van der Waals surface area contributed by atoms with Crippen molar-refractivity contribution in [3.63, 3.8) is 0 Å².